The van der Waals surface area contributed by atoms with E-state index in [2.05, 4.69) is 5.32 Å². The van der Waals surface area contributed by atoms with Crippen molar-refractivity contribution in [1.29, 1.82) is 0 Å². The van der Waals surface area contributed by atoms with Gasteiger partial charge in [0.05, 0.1) is 10.9 Å². The highest BCUT2D eigenvalue weighted by molar-refractivity contribution is 7.89. The van der Waals surface area contributed by atoms with Crippen molar-refractivity contribution in [3.8, 4) is 11.5 Å². The number of piperidine rings is 1. The second-order valence-electron chi connectivity index (χ2n) is 7.89. The molecule has 0 aliphatic carbocycles. The van der Waals surface area contributed by atoms with E-state index in [0.29, 0.717) is 43.1 Å². The number of nitrogens with zero attached hydrogens (tertiary/aromatic N) is 1. The van der Waals surface area contributed by atoms with E-state index in [-0.39, 0.29) is 29.8 Å². The zero-order valence-electron chi connectivity index (χ0n) is 17.5. The van der Waals surface area contributed by atoms with E-state index in [9.17, 15) is 22.0 Å². The number of nitrogens with one attached hydrogen (secondary N) is 1. The van der Waals surface area contributed by atoms with Gasteiger partial charge in [0, 0.05) is 25.1 Å². The zero-order valence-corrected chi connectivity index (χ0v) is 18.3. The molecule has 10 heteroatoms. The van der Waals surface area contributed by atoms with E-state index in [0.717, 1.165) is 12.1 Å². The maximum absolute atomic E-state index is 13.5. The Bertz CT molecular complexity index is 1120. The molecule has 7 nitrogen and oxygen atoms in total. The molecular formula is C22H24F2N2O5S. The first-order chi connectivity index (χ1) is 15.3. The summed E-state index contributed by atoms with van der Waals surface area (Å²) < 4.78 is 64.9. The first kappa shape index (κ1) is 22.5. The van der Waals surface area contributed by atoms with Gasteiger partial charge in [-0.3, -0.25) is 4.79 Å². The molecule has 2 aliphatic rings. The second-order valence-corrected chi connectivity index (χ2v) is 9.83. The van der Waals surface area contributed by atoms with E-state index >= 15 is 0 Å². The number of amides is 1. The summed E-state index contributed by atoms with van der Waals surface area (Å²) in [5.74, 6) is -1.60. The maximum atomic E-state index is 13.5. The molecule has 0 bridgehead atoms. The lowest BCUT2D eigenvalue weighted by atomic mass is 9.96. The third kappa shape index (κ3) is 4.56. The number of carbonyl (C=O) groups is 1. The number of sulfonamides is 1. The summed E-state index contributed by atoms with van der Waals surface area (Å²) in [5.41, 5.74) is 0.455. The third-order valence-electron chi connectivity index (χ3n) is 5.78. The summed E-state index contributed by atoms with van der Waals surface area (Å²) in [6.45, 7) is 2.87. The Balaban J connectivity index is 1.37. The lowest BCUT2D eigenvalue weighted by molar-refractivity contribution is -0.126. The number of halogens is 2. The Labute approximate surface area is 185 Å². The van der Waals surface area contributed by atoms with Crippen LogP contribution in [-0.4, -0.2) is 44.9 Å². The minimum atomic E-state index is -3.73. The zero-order chi connectivity index (χ0) is 22.9. The van der Waals surface area contributed by atoms with Gasteiger partial charge in [0.2, 0.25) is 15.9 Å². The molecule has 2 aliphatic heterocycles. The molecule has 1 N–H and O–H groups in total. The lowest BCUT2D eigenvalue weighted by Crippen LogP contribution is -2.43. The first-order valence-corrected chi connectivity index (χ1v) is 11.8. The molecule has 0 radical (unpaired) electrons. The number of hydrogen-bond donors (Lipinski definition) is 1. The summed E-state index contributed by atoms with van der Waals surface area (Å²) in [6.07, 6.45) is 0.722. The van der Waals surface area contributed by atoms with Crippen LogP contribution in [-0.2, 0) is 14.8 Å². The molecule has 0 aromatic heterocycles. The van der Waals surface area contributed by atoms with Crippen molar-refractivity contribution in [3.63, 3.8) is 0 Å². The van der Waals surface area contributed by atoms with Gasteiger partial charge in [-0.05, 0) is 49.6 Å². The molecule has 172 valence electrons. The lowest BCUT2D eigenvalue weighted by Gasteiger charge is -2.31. The quantitative estimate of drug-likeness (QED) is 0.732. The minimum Gasteiger partial charge on any atom is -0.486 e. The van der Waals surface area contributed by atoms with Crippen LogP contribution in [0.25, 0.3) is 0 Å². The van der Waals surface area contributed by atoms with Crippen LogP contribution in [0.15, 0.2) is 41.3 Å². The van der Waals surface area contributed by atoms with E-state index in [1.54, 1.807) is 13.0 Å². The molecule has 1 amide bonds. The topological polar surface area (TPSA) is 84.9 Å². The van der Waals surface area contributed by atoms with Gasteiger partial charge in [-0.2, -0.15) is 4.31 Å². The van der Waals surface area contributed by atoms with Gasteiger partial charge in [0.25, 0.3) is 0 Å². The average Bonchev–Trinajstić information content (AvgIpc) is 2.80. The van der Waals surface area contributed by atoms with Crippen LogP contribution in [0.2, 0.25) is 0 Å². The normalized spacial score (nSPS) is 18.2. The number of fused-ring (bicyclic) bond motifs is 1. The Morgan fingerprint density at radius 3 is 2.41 bits per heavy atom. The van der Waals surface area contributed by atoms with Crippen LogP contribution >= 0.6 is 0 Å². The van der Waals surface area contributed by atoms with Gasteiger partial charge in [-0.15, -0.1) is 0 Å². The van der Waals surface area contributed by atoms with Crippen LogP contribution < -0.4 is 14.8 Å². The second kappa shape index (κ2) is 9.03. The van der Waals surface area contributed by atoms with Crippen LogP contribution in [0.1, 0.15) is 31.4 Å². The van der Waals surface area contributed by atoms with Gasteiger partial charge in [0.15, 0.2) is 23.1 Å². The molecule has 2 heterocycles. The highest BCUT2D eigenvalue weighted by atomic mass is 32.2. The monoisotopic (exact) mass is 466 g/mol. The molecule has 0 saturated carbocycles. The molecule has 2 aromatic carbocycles. The molecule has 2 aromatic rings. The third-order valence-corrected chi connectivity index (χ3v) is 7.67. The van der Waals surface area contributed by atoms with E-state index < -0.39 is 27.7 Å². The van der Waals surface area contributed by atoms with Crippen molar-refractivity contribution in [2.24, 2.45) is 5.92 Å². The predicted octanol–water partition coefficient (Wildman–Crippen LogP) is 3.01. The number of rotatable bonds is 5. The van der Waals surface area contributed by atoms with Gasteiger partial charge < -0.3 is 14.8 Å². The van der Waals surface area contributed by atoms with E-state index in [1.807, 2.05) is 0 Å². The van der Waals surface area contributed by atoms with Gasteiger partial charge in [0.1, 0.15) is 13.2 Å². The molecule has 1 fully saturated rings. The summed E-state index contributed by atoms with van der Waals surface area (Å²) in [6, 6.07) is 7.54. The van der Waals surface area contributed by atoms with Crippen molar-refractivity contribution in [1.82, 2.24) is 9.62 Å². The number of hydrogen-bond acceptors (Lipinski definition) is 5. The smallest absolute Gasteiger partial charge is 0.243 e. The van der Waals surface area contributed by atoms with Gasteiger partial charge in [-0.25, -0.2) is 17.2 Å². The fourth-order valence-corrected chi connectivity index (χ4v) is 5.37. The summed E-state index contributed by atoms with van der Waals surface area (Å²) >= 11 is 0. The van der Waals surface area contributed by atoms with Gasteiger partial charge in [-0.1, -0.05) is 6.07 Å². The Hall–Kier alpha value is -2.72. The molecular weight excluding hydrogens is 442 g/mol. The molecule has 0 spiro atoms. The highest BCUT2D eigenvalue weighted by Gasteiger charge is 2.33. The summed E-state index contributed by atoms with van der Waals surface area (Å²) in [7, 11) is -3.73. The summed E-state index contributed by atoms with van der Waals surface area (Å²) in [4.78, 5) is 12.8. The maximum Gasteiger partial charge on any atom is 0.243 e. The Morgan fingerprint density at radius 1 is 1.03 bits per heavy atom. The molecule has 0 unspecified atom stereocenters. The van der Waals surface area contributed by atoms with Crippen molar-refractivity contribution < 1.29 is 31.5 Å². The van der Waals surface area contributed by atoms with Crippen LogP contribution in [0.3, 0.4) is 0 Å². The fraction of sp³-hybridized carbons (Fsp3) is 0.409. The Kier molecular flexibility index (Phi) is 6.34. The molecule has 32 heavy (non-hydrogen) atoms. The van der Waals surface area contributed by atoms with Crippen molar-refractivity contribution in [3.05, 3.63) is 53.6 Å². The number of carbonyl (C=O) groups excluding carboxylic acids is 1. The van der Waals surface area contributed by atoms with Crippen LogP contribution in [0.5, 0.6) is 11.5 Å². The standard InChI is InChI=1S/C22H24F2N2O5S/c1-14(16-2-4-18(23)19(24)12-16)25-22(27)15-6-8-26(9-7-15)32(28,29)17-3-5-20-21(13-17)31-11-10-30-20/h2-5,12-15H,6-11H2,1H3,(H,25,27)/t14-/m0/s1. The molecule has 4 rings (SSSR count). The molecule has 1 saturated heterocycles. The fourth-order valence-electron chi connectivity index (χ4n) is 3.89. The van der Waals surface area contributed by atoms with Crippen LogP contribution in [0, 0.1) is 17.6 Å². The largest absolute Gasteiger partial charge is 0.486 e. The number of ether oxygens (including phenoxy) is 2. The molecule has 1 atom stereocenters. The van der Waals surface area contributed by atoms with E-state index in [4.69, 9.17) is 9.47 Å². The van der Waals surface area contributed by atoms with Crippen molar-refractivity contribution in [2.75, 3.05) is 26.3 Å². The first-order valence-electron chi connectivity index (χ1n) is 10.4. The number of benzene rings is 2. The Morgan fingerprint density at radius 2 is 1.72 bits per heavy atom. The SMILES string of the molecule is C[C@H](NC(=O)C1CCN(S(=O)(=O)c2ccc3c(c2)OCCO3)CC1)c1ccc(F)c(F)c1. The van der Waals surface area contributed by atoms with E-state index in [1.165, 1.54) is 22.5 Å². The van der Waals surface area contributed by atoms with Crippen LogP contribution in [0.4, 0.5) is 8.78 Å². The summed E-state index contributed by atoms with van der Waals surface area (Å²) in [5, 5.41) is 2.81. The highest BCUT2D eigenvalue weighted by Crippen LogP contribution is 2.34. The average molecular weight is 467 g/mol. The minimum absolute atomic E-state index is 0.122. The van der Waals surface area contributed by atoms with Crippen molar-refractivity contribution >= 4 is 15.9 Å². The predicted molar refractivity (Wildman–Crippen MR) is 112 cm³/mol. The van der Waals surface area contributed by atoms with Gasteiger partial charge >= 0.3 is 0 Å². The van der Waals surface area contributed by atoms with Crippen molar-refractivity contribution in [2.45, 2.75) is 30.7 Å².